The lowest BCUT2D eigenvalue weighted by Crippen LogP contribution is -1.96. The number of hydrogen-bond donors (Lipinski definition) is 1. The van der Waals surface area contributed by atoms with E-state index in [2.05, 4.69) is 4.98 Å². The number of rotatable bonds is 3. The molecule has 0 unspecified atom stereocenters. The van der Waals surface area contributed by atoms with E-state index >= 15 is 0 Å². The minimum absolute atomic E-state index is 0.150. The van der Waals surface area contributed by atoms with E-state index < -0.39 is 0 Å². The quantitative estimate of drug-likeness (QED) is 0.889. The molecule has 0 aliphatic carbocycles. The van der Waals surface area contributed by atoms with Crippen molar-refractivity contribution in [2.24, 2.45) is 0 Å². The predicted molar refractivity (Wildman–Crippen MR) is 65.1 cm³/mol. The molecule has 4 heteroatoms. The van der Waals surface area contributed by atoms with Crippen molar-refractivity contribution in [2.75, 3.05) is 5.73 Å². The molecule has 0 saturated heterocycles. The molecule has 0 amide bonds. The van der Waals surface area contributed by atoms with Crippen molar-refractivity contribution in [1.82, 2.24) is 4.98 Å². The molecule has 1 heterocycles. The second-order valence-electron chi connectivity index (χ2n) is 3.65. The number of nitrogens with zero attached hydrogens (tertiary/aromatic N) is 1. The normalized spacial score (nSPS) is 10.6. The SMILES string of the molecule is Cc1sc(N)nc1CCc1ccccc1F. The van der Waals surface area contributed by atoms with Crippen LogP contribution in [-0.4, -0.2) is 4.98 Å². The molecule has 0 saturated carbocycles. The highest BCUT2D eigenvalue weighted by molar-refractivity contribution is 7.15. The summed E-state index contributed by atoms with van der Waals surface area (Å²) in [4.78, 5) is 5.35. The predicted octanol–water partition coefficient (Wildman–Crippen LogP) is 2.96. The minimum atomic E-state index is -0.150. The molecule has 16 heavy (non-hydrogen) atoms. The van der Waals surface area contributed by atoms with Gasteiger partial charge >= 0.3 is 0 Å². The van der Waals surface area contributed by atoms with E-state index in [1.165, 1.54) is 17.4 Å². The molecular weight excluding hydrogens is 223 g/mol. The van der Waals surface area contributed by atoms with E-state index in [0.29, 0.717) is 11.6 Å². The van der Waals surface area contributed by atoms with Crippen molar-refractivity contribution >= 4 is 16.5 Å². The maximum atomic E-state index is 13.4. The van der Waals surface area contributed by atoms with E-state index in [1.54, 1.807) is 12.1 Å². The molecule has 84 valence electrons. The van der Waals surface area contributed by atoms with Crippen LogP contribution in [0.3, 0.4) is 0 Å². The summed E-state index contributed by atoms with van der Waals surface area (Å²) in [5.74, 6) is -0.150. The highest BCUT2D eigenvalue weighted by atomic mass is 32.1. The number of benzene rings is 1. The molecule has 0 fully saturated rings. The molecule has 1 aromatic heterocycles. The standard InChI is InChI=1S/C12H13FN2S/c1-8-11(15-12(14)16-8)7-6-9-4-2-3-5-10(9)13/h2-5H,6-7H2,1H3,(H2,14,15). The number of thiazole rings is 1. The van der Waals surface area contributed by atoms with Gasteiger partial charge in [0.2, 0.25) is 0 Å². The lowest BCUT2D eigenvalue weighted by atomic mass is 10.1. The first-order valence-corrected chi connectivity index (χ1v) is 5.93. The molecule has 0 bridgehead atoms. The number of halogens is 1. The summed E-state index contributed by atoms with van der Waals surface area (Å²) in [6.07, 6.45) is 1.40. The van der Waals surface area contributed by atoms with Crippen LogP contribution in [0, 0.1) is 12.7 Å². The van der Waals surface area contributed by atoms with Crippen molar-refractivity contribution in [2.45, 2.75) is 19.8 Å². The van der Waals surface area contributed by atoms with E-state index in [0.717, 1.165) is 22.6 Å². The van der Waals surface area contributed by atoms with Crippen LogP contribution in [0.4, 0.5) is 9.52 Å². The zero-order valence-electron chi connectivity index (χ0n) is 9.03. The molecule has 0 atom stereocenters. The zero-order valence-corrected chi connectivity index (χ0v) is 9.85. The molecule has 0 spiro atoms. The van der Waals surface area contributed by atoms with Crippen molar-refractivity contribution < 1.29 is 4.39 Å². The third-order valence-corrected chi connectivity index (χ3v) is 3.34. The van der Waals surface area contributed by atoms with E-state index in [4.69, 9.17) is 5.73 Å². The fraction of sp³-hybridized carbons (Fsp3) is 0.250. The van der Waals surface area contributed by atoms with Gasteiger partial charge in [0.15, 0.2) is 5.13 Å². The van der Waals surface area contributed by atoms with Gasteiger partial charge in [0, 0.05) is 4.88 Å². The Balaban J connectivity index is 2.08. The Labute approximate surface area is 97.9 Å². The second-order valence-corrected chi connectivity index (χ2v) is 4.88. The molecule has 0 radical (unpaired) electrons. The van der Waals surface area contributed by atoms with Gasteiger partial charge in [-0.1, -0.05) is 18.2 Å². The third kappa shape index (κ3) is 2.39. The molecule has 1 aromatic carbocycles. The summed E-state index contributed by atoms with van der Waals surface area (Å²) in [5.41, 5.74) is 7.32. The minimum Gasteiger partial charge on any atom is -0.375 e. The van der Waals surface area contributed by atoms with Gasteiger partial charge in [-0.05, 0) is 31.4 Å². The summed E-state index contributed by atoms with van der Waals surface area (Å²) in [5, 5.41) is 0.584. The fourth-order valence-corrected chi connectivity index (χ4v) is 2.37. The highest BCUT2D eigenvalue weighted by Gasteiger charge is 2.07. The van der Waals surface area contributed by atoms with Crippen LogP contribution >= 0.6 is 11.3 Å². The van der Waals surface area contributed by atoms with Crippen LogP contribution in [0.15, 0.2) is 24.3 Å². The summed E-state index contributed by atoms with van der Waals surface area (Å²) in [6, 6.07) is 6.84. The zero-order chi connectivity index (χ0) is 11.5. The van der Waals surface area contributed by atoms with Crippen LogP contribution in [0.1, 0.15) is 16.1 Å². The van der Waals surface area contributed by atoms with Crippen LogP contribution in [0.2, 0.25) is 0 Å². The van der Waals surface area contributed by atoms with Gasteiger partial charge < -0.3 is 5.73 Å². The molecule has 2 rings (SSSR count). The smallest absolute Gasteiger partial charge is 0.180 e. The van der Waals surface area contributed by atoms with Gasteiger partial charge in [0.25, 0.3) is 0 Å². The Kier molecular flexibility index (Phi) is 3.19. The van der Waals surface area contributed by atoms with E-state index in [1.807, 2.05) is 13.0 Å². The Hall–Kier alpha value is -1.42. The van der Waals surface area contributed by atoms with Crippen molar-refractivity contribution in [3.8, 4) is 0 Å². The highest BCUT2D eigenvalue weighted by Crippen LogP contribution is 2.20. The first kappa shape index (κ1) is 11.1. The van der Waals surface area contributed by atoms with Gasteiger partial charge in [0.1, 0.15) is 5.82 Å². The van der Waals surface area contributed by atoms with E-state index in [9.17, 15) is 4.39 Å². The molecule has 0 aliphatic heterocycles. The van der Waals surface area contributed by atoms with Gasteiger partial charge in [-0.3, -0.25) is 0 Å². The summed E-state index contributed by atoms with van der Waals surface area (Å²) >= 11 is 1.48. The first-order chi connectivity index (χ1) is 7.66. The molecular formula is C12H13FN2S. The van der Waals surface area contributed by atoms with Crippen molar-refractivity contribution in [1.29, 1.82) is 0 Å². The summed E-state index contributed by atoms with van der Waals surface area (Å²) in [6.45, 7) is 1.99. The van der Waals surface area contributed by atoms with Crippen LogP contribution < -0.4 is 5.73 Å². The number of anilines is 1. The maximum absolute atomic E-state index is 13.4. The van der Waals surface area contributed by atoms with Gasteiger partial charge in [-0.15, -0.1) is 11.3 Å². The number of nitrogen functional groups attached to an aromatic ring is 1. The van der Waals surface area contributed by atoms with Crippen molar-refractivity contribution in [3.05, 3.63) is 46.2 Å². The average molecular weight is 236 g/mol. The molecule has 0 aliphatic rings. The summed E-state index contributed by atoms with van der Waals surface area (Å²) < 4.78 is 13.4. The van der Waals surface area contributed by atoms with Crippen LogP contribution in [0.5, 0.6) is 0 Å². The first-order valence-electron chi connectivity index (χ1n) is 5.12. The largest absolute Gasteiger partial charge is 0.375 e. The topological polar surface area (TPSA) is 38.9 Å². The second kappa shape index (κ2) is 4.61. The fourth-order valence-electron chi connectivity index (χ4n) is 1.64. The number of aryl methyl sites for hydroxylation is 3. The van der Waals surface area contributed by atoms with Gasteiger partial charge in [-0.25, -0.2) is 9.37 Å². The molecule has 2 N–H and O–H groups in total. The lowest BCUT2D eigenvalue weighted by molar-refractivity contribution is 0.608. The third-order valence-electron chi connectivity index (χ3n) is 2.50. The van der Waals surface area contributed by atoms with Crippen LogP contribution in [0.25, 0.3) is 0 Å². The molecule has 2 aromatic rings. The van der Waals surface area contributed by atoms with Crippen LogP contribution in [-0.2, 0) is 12.8 Å². The van der Waals surface area contributed by atoms with Crippen molar-refractivity contribution in [3.63, 3.8) is 0 Å². The Morgan fingerprint density at radius 1 is 1.31 bits per heavy atom. The molecule has 2 nitrogen and oxygen atoms in total. The Morgan fingerprint density at radius 2 is 2.06 bits per heavy atom. The number of hydrogen-bond acceptors (Lipinski definition) is 3. The lowest BCUT2D eigenvalue weighted by Gasteiger charge is -2.01. The van der Waals surface area contributed by atoms with E-state index in [-0.39, 0.29) is 5.82 Å². The Bertz CT molecular complexity index is 494. The van der Waals surface area contributed by atoms with Gasteiger partial charge in [-0.2, -0.15) is 0 Å². The monoisotopic (exact) mass is 236 g/mol. The summed E-state index contributed by atoms with van der Waals surface area (Å²) in [7, 11) is 0. The Morgan fingerprint density at radius 3 is 2.69 bits per heavy atom. The van der Waals surface area contributed by atoms with Gasteiger partial charge in [0.05, 0.1) is 5.69 Å². The number of nitrogens with two attached hydrogens (primary N) is 1. The number of aromatic nitrogens is 1. The maximum Gasteiger partial charge on any atom is 0.180 e. The average Bonchev–Trinajstić information content (AvgIpc) is 2.56.